The van der Waals surface area contributed by atoms with E-state index in [0.717, 1.165) is 21.8 Å². The molecule has 0 N–H and O–H groups in total. The Hall–Kier alpha value is -3.16. The molecule has 0 spiro atoms. The average molecular weight is 471 g/mol. The lowest BCUT2D eigenvalue weighted by atomic mass is 10.2. The minimum absolute atomic E-state index is 0.154. The Morgan fingerprint density at radius 2 is 1.97 bits per heavy atom. The van der Waals surface area contributed by atoms with Crippen LogP contribution in [0.4, 0.5) is 0 Å². The van der Waals surface area contributed by atoms with Gasteiger partial charge in [0.2, 0.25) is 5.91 Å². The van der Waals surface area contributed by atoms with Crippen molar-refractivity contribution < 1.29 is 19.1 Å². The SMILES string of the molecule is COC(=O)CN(Cc1ccc(Cl)cc1)C(=O)/C=C/c1cccc(OCc2csc(C)n2)c1. The van der Waals surface area contributed by atoms with Gasteiger partial charge in [-0.1, -0.05) is 35.9 Å². The van der Waals surface area contributed by atoms with Gasteiger partial charge >= 0.3 is 5.97 Å². The molecule has 166 valence electrons. The maximum atomic E-state index is 12.8. The summed E-state index contributed by atoms with van der Waals surface area (Å²) in [6, 6.07) is 14.5. The molecular formula is C24H23ClN2O4S. The first-order valence-electron chi connectivity index (χ1n) is 9.85. The number of hydrogen-bond donors (Lipinski definition) is 0. The molecule has 0 aliphatic heterocycles. The number of hydrogen-bond acceptors (Lipinski definition) is 6. The number of ether oxygens (including phenoxy) is 2. The third kappa shape index (κ3) is 7.21. The fraction of sp³-hybridized carbons (Fsp3) is 0.208. The third-order valence-electron chi connectivity index (χ3n) is 4.48. The molecule has 6 nitrogen and oxygen atoms in total. The number of aryl methyl sites for hydroxylation is 1. The van der Waals surface area contributed by atoms with E-state index >= 15 is 0 Å². The molecule has 1 heterocycles. The maximum Gasteiger partial charge on any atom is 0.325 e. The van der Waals surface area contributed by atoms with Crippen LogP contribution in [0.5, 0.6) is 5.75 Å². The van der Waals surface area contributed by atoms with Gasteiger partial charge in [-0.3, -0.25) is 9.59 Å². The summed E-state index contributed by atoms with van der Waals surface area (Å²) >= 11 is 7.51. The van der Waals surface area contributed by atoms with Crippen molar-refractivity contribution in [2.24, 2.45) is 0 Å². The van der Waals surface area contributed by atoms with Crippen LogP contribution in [0.25, 0.3) is 6.08 Å². The smallest absolute Gasteiger partial charge is 0.325 e. The number of aromatic nitrogens is 1. The Balaban J connectivity index is 1.66. The highest BCUT2D eigenvalue weighted by molar-refractivity contribution is 7.09. The van der Waals surface area contributed by atoms with Gasteiger partial charge in [0.25, 0.3) is 0 Å². The number of benzene rings is 2. The topological polar surface area (TPSA) is 68.7 Å². The molecular weight excluding hydrogens is 448 g/mol. The zero-order valence-electron chi connectivity index (χ0n) is 17.8. The van der Waals surface area contributed by atoms with Gasteiger partial charge in [0.05, 0.1) is 17.8 Å². The Kier molecular flexibility index (Phi) is 8.41. The van der Waals surface area contributed by atoms with Gasteiger partial charge in [-0.2, -0.15) is 0 Å². The number of amides is 1. The van der Waals surface area contributed by atoms with Crippen molar-refractivity contribution in [1.29, 1.82) is 0 Å². The monoisotopic (exact) mass is 470 g/mol. The number of carbonyl (C=O) groups is 2. The van der Waals surface area contributed by atoms with Crippen molar-refractivity contribution in [2.45, 2.75) is 20.1 Å². The minimum Gasteiger partial charge on any atom is -0.487 e. The average Bonchev–Trinajstić information content (AvgIpc) is 3.22. The fourth-order valence-corrected chi connectivity index (χ4v) is 3.58. The van der Waals surface area contributed by atoms with Crippen molar-refractivity contribution in [2.75, 3.05) is 13.7 Å². The van der Waals surface area contributed by atoms with Crippen LogP contribution in [-0.2, 0) is 27.5 Å². The summed E-state index contributed by atoms with van der Waals surface area (Å²) in [5.74, 6) is -0.124. The number of thiazole rings is 1. The molecule has 0 saturated carbocycles. The molecule has 0 atom stereocenters. The summed E-state index contributed by atoms with van der Waals surface area (Å²) in [5.41, 5.74) is 2.53. The molecule has 1 amide bonds. The first-order valence-corrected chi connectivity index (χ1v) is 11.1. The molecule has 3 aromatic rings. The van der Waals surface area contributed by atoms with E-state index in [1.165, 1.54) is 18.1 Å². The highest BCUT2D eigenvalue weighted by Gasteiger charge is 2.16. The Labute approximate surface area is 196 Å². The minimum atomic E-state index is -0.492. The summed E-state index contributed by atoms with van der Waals surface area (Å²) in [7, 11) is 1.29. The fourth-order valence-electron chi connectivity index (χ4n) is 2.86. The quantitative estimate of drug-likeness (QED) is 0.328. The van der Waals surface area contributed by atoms with E-state index < -0.39 is 5.97 Å². The summed E-state index contributed by atoms with van der Waals surface area (Å²) in [5, 5.41) is 3.56. The molecule has 0 aliphatic rings. The van der Waals surface area contributed by atoms with E-state index in [1.807, 2.05) is 48.7 Å². The lowest BCUT2D eigenvalue weighted by Crippen LogP contribution is -2.34. The number of esters is 1. The molecule has 0 bridgehead atoms. The number of nitrogens with zero attached hydrogens (tertiary/aromatic N) is 2. The second-order valence-electron chi connectivity index (χ2n) is 6.95. The van der Waals surface area contributed by atoms with Gasteiger partial charge in [-0.25, -0.2) is 4.98 Å². The Bertz CT molecular complexity index is 1100. The van der Waals surface area contributed by atoms with Gasteiger partial charge < -0.3 is 14.4 Å². The molecule has 0 radical (unpaired) electrons. The van der Waals surface area contributed by atoms with E-state index in [9.17, 15) is 9.59 Å². The van der Waals surface area contributed by atoms with Crippen LogP contribution < -0.4 is 4.74 Å². The van der Waals surface area contributed by atoms with Gasteiger partial charge in [0.15, 0.2) is 0 Å². The predicted molar refractivity (Wildman–Crippen MR) is 126 cm³/mol. The molecule has 1 aromatic heterocycles. The second kappa shape index (κ2) is 11.5. The number of rotatable bonds is 9. The Morgan fingerprint density at radius 3 is 2.66 bits per heavy atom. The largest absolute Gasteiger partial charge is 0.487 e. The van der Waals surface area contributed by atoms with Crippen molar-refractivity contribution in [1.82, 2.24) is 9.88 Å². The molecule has 0 unspecified atom stereocenters. The molecule has 32 heavy (non-hydrogen) atoms. The molecule has 0 aliphatic carbocycles. The van der Waals surface area contributed by atoms with Gasteiger partial charge in [-0.05, 0) is 48.4 Å². The van der Waals surface area contributed by atoms with Crippen LogP contribution in [0, 0.1) is 6.92 Å². The molecule has 3 rings (SSSR count). The number of methoxy groups -OCH3 is 1. The predicted octanol–water partition coefficient (Wildman–Crippen LogP) is 4.90. The van der Waals surface area contributed by atoms with Gasteiger partial charge in [0.1, 0.15) is 18.9 Å². The van der Waals surface area contributed by atoms with Crippen LogP contribution in [0.2, 0.25) is 5.02 Å². The van der Waals surface area contributed by atoms with Crippen molar-refractivity contribution in [3.05, 3.63) is 86.8 Å². The van der Waals surface area contributed by atoms with E-state index in [2.05, 4.69) is 4.98 Å². The molecule has 0 fully saturated rings. The molecule has 0 saturated heterocycles. The lowest BCUT2D eigenvalue weighted by Gasteiger charge is -2.20. The highest BCUT2D eigenvalue weighted by atomic mass is 35.5. The lowest BCUT2D eigenvalue weighted by molar-refractivity contribution is -0.145. The number of halogens is 1. The molecule has 8 heteroatoms. The highest BCUT2D eigenvalue weighted by Crippen LogP contribution is 2.18. The van der Waals surface area contributed by atoms with Crippen molar-refractivity contribution in [3.8, 4) is 5.75 Å². The van der Waals surface area contributed by atoms with Gasteiger partial charge in [0, 0.05) is 23.0 Å². The van der Waals surface area contributed by atoms with Crippen molar-refractivity contribution >= 4 is 40.9 Å². The van der Waals surface area contributed by atoms with E-state index in [4.69, 9.17) is 21.1 Å². The molecule has 2 aromatic carbocycles. The van der Waals surface area contributed by atoms with E-state index in [0.29, 0.717) is 17.4 Å². The zero-order valence-corrected chi connectivity index (χ0v) is 19.4. The van der Waals surface area contributed by atoms with Gasteiger partial charge in [-0.15, -0.1) is 11.3 Å². The van der Waals surface area contributed by atoms with Crippen LogP contribution in [0.15, 0.2) is 60.0 Å². The zero-order chi connectivity index (χ0) is 22.9. The third-order valence-corrected chi connectivity index (χ3v) is 5.55. The number of carbonyl (C=O) groups excluding carboxylic acids is 2. The summed E-state index contributed by atoms with van der Waals surface area (Å²) in [6.45, 7) is 2.43. The summed E-state index contributed by atoms with van der Waals surface area (Å²) in [4.78, 5) is 30.4. The normalized spacial score (nSPS) is 10.8. The maximum absolute atomic E-state index is 12.8. The van der Waals surface area contributed by atoms with Crippen molar-refractivity contribution in [3.63, 3.8) is 0 Å². The summed E-state index contributed by atoms with van der Waals surface area (Å²) < 4.78 is 10.5. The van der Waals surface area contributed by atoms with Crippen LogP contribution in [0.1, 0.15) is 21.8 Å². The second-order valence-corrected chi connectivity index (χ2v) is 8.45. The van der Waals surface area contributed by atoms with E-state index in [1.54, 1.807) is 29.5 Å². The summed E-state index contributed by atoms with van der Waals surface area (Å²) in [6.07, 6.45) is 3.12. The Morgan fingerprint density at radius 1 is 1.19 bits per heavy atom. The van der Waals surface area contributed by atoms with Crippen LogP contribution in [0.3, 0.4) is 0 Å². The standard InChI is InChI=1S/C24H23ClN2O4S/c1-17-26-21(16-32-17)15-31-22-5-3-4-18(12-22)8-11-23(28)27(14-24(29)30-2)13-19-6-9-20(25)10-7-19/h3-12,16H,13-15H2,1-2H3/b11-8+. The van der Waals surface area contributed by atoms with Crippen LogP contribution >= 0.6 is 22.9 Å². The van der Waals surface area contributed by atoms with E-state index in [-0.39, 0.29) is 19.0 Å². The first-order chi connectivity index (χ1) is 15.4. The first kappa shape index (κ1) is 23.5. The van der Waals surface area contributed by atoms with Crippen LogP contribution in [-0.4, -0.2) is 35.4 Å².